The van der Waals surface area contributed by atoms with E-state index in [1.807, 2.05) is 19.1 Å². The first kappa shape index (κ1) is 19.0. The van der Waals surface area contributed by atoms with Crippen molar-refractivity contribution in [3.8, 4) is 5.69 Å². The lowest BCUT2D eigenvalue weighted by Crippen LogP contribution is -2.63. The molecule has 0 radical (unpaired) electrons. The molecule has 5 rings (SSSR count). The van der Waals surface area contributed by atoms with Crippen molar-refractivity contribution in [1.29, 1.82) is 0 Å². The summed E-state index contributed by atoms with van der Waals surface area (Å²) in [5, 5.41) is 4.75. The zero-order valence-corrected chi connectivity index (χ0v) is 17.7. The van der Waals surface area contributed by atoms with Crippen molar-refractivity contribution in [2.45, 2.75) is 39.5 Å². The monoisotopic (exact) mass is 403 g/mol. The second-order valence-corrected chi connectivity index (χ2v) is 9.11. The summed E-state index contributed by atoms with van der Waals surface area (Å²) in [6.07, 6.45) is 2.09. The average Bonchev–Trinajstić information content (AvgIpc) is 3.01. The van der Waals surface area contributed by atoms with Crippen LogP contribution in [0.3, 0.4) is 0 Å². The molecule has 154 valence electrons. The summed E-state index contributed by atoms with van der Waals surface area (Å²) in [5.41, 5.74) is 5.70. The van der Waals surface area contributed by atoms with Crippen LogP contribution in [-0.4, -0.2) is 33.7 Å². The predicted molar refractivity (Wildman–Crippen MR) is 114 cm³/mol. The lowest BCUT2D eigenvalue weighted by Gasteiger charge is -2.59. The number of carbonyl (C=O) groups excluding carboxylic acids is 1. The summed E-state index contributed by atoms with van der Waals surface area (Å²) in [5.74, 6) is -0.163. The maximum Gasteiger partial charge on any atom is 0.257 e. The number of hydrogen-bond acceptors (Lipinski definition) is 2. The topological polar surface area (TPSA) is 38.1 Å². The van der Waals surface area contributed by atoms with E-state index < -0.39 is 5.82 Å². The lowest BCUT2D eigenvalue weighted by molar-refractivity contribution is -0.0567. The van der Waals surface area contributed by atoms with E-state index in [-0.39, 0.29) is 16.9 Å². The fraction of sp³-hybridized carbons (Fsp3) is 0.360. The average molecular weight is 404 g/mol. The van der Waals surface area contributed by atoms with Crippen molar-refractivity contribution in [1.82, 2.24) is 14.7 Å². The van der Waals surface area contributed by atoms with Gasteiger partial charge in [-0.15, -0.1) is 0 Å². The van der Waals surface area contributed by atoms with Crippen LogP contribution >= 0.6 is 0 Å². The third-order valence-corrected chi connectivity index (χ3v) is 6.76. The summed E-state index contributed by atoms with van der Waals surface area (Å²) in [7, 11) is 0. The molecule has 4 nitrogen and oxygen atoms in total. The maximum absolute atomic E-state index is 14.2. The number of amides is 1. The van der Waals surface area contributed by atoms with Gasteiger partial charge in [0.25, 0.3) is 5.91 Å². The van der Waals surface area contributed by atoms with Gasteiger partial charge in [0.15, 0.2) is 0 Å². The van der Waals surface area contributed by atoms with Crippen LogP contribution in [0.1, 0.15) is 51.6 Å². The van der Waals surface area contributed by atoms with Crippen molar-refractivity contribution >= 4 is 5.91 Å². The van der Waals surface area contributed by atoms with E-state index in [4.69, 9.17) is 5.10 Å². The number of nitrogens with zero attached hydrogens (tertiary/aromatic N) is 3. The van der Waals surface area contributed by atoms with E-state index in [1.54, 1.807) is 24.0 Å². The van der Waals surface area contributed by atoms with Crippen molar-refractivity contribution in [2.75, 3.05) is 13.1 Å². The number of likely N-dealkylation sites (tertiary alicyclic amines) is 1. The molecule has 0 bridgehead atoms. The van der Waals surface area contributed by atoms with Crippen LogP contribution in [0.25, 0.3) is 5.69 Å². The molecule has 1 spiro atoms. The van der Waals surface area contributed by atoms with Crippen LogP contribution in [0.15, 0.2) is 48.5 Å². The third kappa shape index (κ3) is 2.95. The molecule has 1 amide bonds. The number of aryl methyl sites for hydroxylation is 3. The molecular weight excluding hydrogens is 377 g/mol. The van der Waals surface area contributed by atoms with Crippen molar-refractivity contribution in [3.63, 3.8) is 0 Å². The zero-order chi connectivity index (χ0) is 21.0. The Morgan fingerprint density at radius 1 is 1.03 bits per heavy atom. The minimum Gasteiger partial charge on any atom is -0.337 e. The molecule has 1 aromatic heterocycles. The summed E-state index contributed by atoms with van der Waals surface area (Å²) < 4.78 is 16.3. The van der Waals surface area contributed by atoms with Gasteiger partial charge in [0.1, 0.15) is 5.82 Å². The summed E-state index contributed by atoms with van der Waals surface area (Å²) >= 11 is 0. The van der Waals surface area contributed by atoms with Gasteiger partial charge < -0.3 is 4.90 Å². The molecule has 2 heterocycles. The highest BCUT2D eigenvalue weighted by Gasteiger charge is 2.54. The second-order valence-electron chi connectivity index (χ2n) is 9.11. The highest BCUT2D eigenvalue weighted by molar-refractivity contribution is 5.96. The molecule has 0 N–H and O–H groups in total. The van der Waals surface area contributed by atoms with Gasteiger partial charge >= 0.3 is 0 Å². The number of benzene rings is 2. The van der Waals surface area contributed by atoms with Gasteiger partial charge in [-0.2, -0.15) is 5.10 Å². The van der Waals surface area contributed by atoms with Gasteiger partial charge in [0.2, 0.25) is 0 Å². The first-order valence-electron chi connectivity index (χ1n) is 10.5. The van der Waals surface area contributed by atoms with Crippen LogP contribution in [-0.2, 0) is 0 Å². The molecule has 2 aromatic carbocycles. The van der Waals surface area contributed by atoms with Crippen LogP contribution < -0.4 is 0 Å². The van der Waals surface area contributed by atoms with Gasteiger partial charge in [-0.3, -0.25) is 4.79 Å². The smallest absolute Gasteiger partial charge is 0.257 e. The van der Waals surface area contributed by atoms with E-state index in [0.29, 0.717) is 24.6 Å². The van der Waals surface area contributed by atoms with E-state index in [9.17, 15) is 9.18 Å². The van der Waals surface area contributed by atoms with Gasteiger partial charge in [0, 0.05) is 30.1 Å². The first-order valence-corrected chi connectivity index (χ1v) is 10.5. The number of rotatable bonds is 3. The quantitative estimate of drug-likeness (QED) is 0.620. The van der Waals surface area contributed by atoms with Crippen LogP contribution in [0, 0.1) is 32.0 Å². The molecule has 1 aliphatic heterocycles. The van der Waals surface area contributed by atoms with Crippen molar-refractivity contribution in [3.05, 3.63) is 82.4 Å². The molecule has 1 aliphatic carbocycles. The SMILES string of the molecule is Cc1cc(C2CC3(C2)CN(C(=O)c2c(C)cccc2F)C3)n(-c2ccccc2C)n1. The predicted octanol–water partition coefficient (Wildman–Crippen LogP) is 4.96. The van der Waals surface area contributed by atoms with E-state index >= 15 is 0 Å². The van der Waals surface area contributed by atoms with Crippen LogP contribution in [0.2, 0.25) is 0 Å². The standard InChI is InChI=1S/C25H26FN3O/c1-16-7-4-5-10-21(16)29-22(11-18(3)27-29)19-12-25(13-19)14-28(15-25)24(30)23-17(2)8-6-9-20(23)26/h4-11,19H,12-15H2,1-3H3. The van der Waals surface area contributed by atoms with Gasteiger partial charge in [-0.1, -0.05) is 30.3 Å². The van der Waals surface area contributed by atoms with E-state index in [0.717, 1.165) is 24.2 Å². The number of carbonyl (C=O) groups is 1. The first-order chi connectivity index (χ1) is 14.4. The van der Waals surface area contributed by atoms with Gasteiger partial charge in [0.05, 0.1) is 16.9 Å². The largest absolute Gasteiger partial charge is 0.337 e. The normalized spacial score (nSPS) is 17.7. The zero-order valence-electron chi connectivity index (χ0n) is 17.7. The molecule has 0 unspecified atom stereocenters. The Bertz CT molecular complexity index is 1110. The molecule has 2 aliphatic rings. The maximum atomic E-state index is 14.2. The molecular formula is C25H26FN3O. The Morgan fingerprint density at radius 3 is 2.43 bits per heavy atom. The van der Waals surface area contributed by atoms with Crippen LogP contribution in [0.5, 0.6) is 0 Å². The highest BCUT2D eigenvalue weighted by Crippen LogP contribution is 2.56. The molecule has 1 saturated carbocycles. The molecule has 3 aromatic rings. The summed E-state index contributed by atoms with van der Waals surface area (Å²) in [4.78, 5) is 14.6. The van der Waals surface area contributed by atoms with E-state index in [2.05, 4.69) is 29.8 Å². The summed E-state index contributed by atoms with van der Waals surface area (Å²) in [6.45, 7) is 7.37. The highest BCUT2D eigenvalue weighted by atomic mass is 19.1. The van der Waals surface area contributed by atoms with Crippen molar-refractivity contribution < 1.29 is 9.18 Å². The molecule has 0 atom stereocenters. The second kappa shape index (κ2) is 6.79. The molecule has 1 saturated heterocycles. The lowest BCUT2D eigenvalue weighted by atomic mass is 9.56. The number of para-hydroxylation sites is 1. The Hall–Kier alpha value is -2.95. The fourth-order valence-electron chi connectivity index (χ4n) is 5.23. The Labute approximate surface area is 176 Å². The third-order valence-electron chi connectivity index (χ3n) is 6.76. The molecule has 30 heavy (non-hydrogen) atoms. The molecule has 5 heteroatoms. The fourth-order valence-corrected chi connectivity index (χ4v) is 5.23. The molecule has 2 fully saturated rings. The minimum absolute atomic E-state index is 0.175. The Balaban J connectivity index is 1.30. The van der Waals surface area contributed by atoms with E-state index in [1.165, 1.54) is 17.3 Å². The minimum atomic E-state index is -0.426. The summed E-state index contributed by atoms with van der Waals surface area (Å²) in [6, 6.07) is 15.3. The number of aromatic nitrogens is 2. The van der Waals surface area contributed by atoms with Crippen LogP contribution in [0.4, 0.5) is 4.39 Å². The number of halogens is 1. The van der Waals surface area contributed by atoms with Gasteiger partial charge in [-0.05, 0) is 62.9 Å². The number of hydrogen-bond donors (Lipinski definition) is 0. The Kier molecular flexibility index (Phi) is 4.31. The Morgan fingerprint density at radius 2 is 1.73 bits per heavy atom. The van der Waals surface area contributed by atoms with Gasteiger partial charge in [-0.25, -0.2) is 9.07 Å². The van der Waals surface area contributed by atoms with Crippen molar-refractivity contribution in [2.24, 2.45) is 5.41 Å².